The van der Waals surface area contributed by atoms with Crippen LogP contribution in [0.2, 0.25) is 0 Å². The van der Waals surface area contributed by atoms with Gasteiger partial charge in [0.25, 0.3) is 0 Å². The summed E-state index contributed by atoms with van der Waals surface area (Å²) < 4.78 is 4.42. The van der Waals surface area contributed by atoms with Crippen LogP contribution in [0.25, 0.3) is 10.9 Å². The van der Waals surface area contributed by atoms with E-state index in [0.29, 0.717) is 5.52 Å². The molecule has 0 amide bonds. The maximum Gasteiger partial charge on any atom is 0.341 e. The number of carboxylic acid groups (broad SMARTS) is 1. The smallest absolute Gasteiger partial charge is 0.341 e. The first-order valence-corrected chi connectivity index (χ1v) is 6.66. The van der Waals surface area contributed by atoms with Crippen molar-refractivity contribution in [3.8, 4) is 0 Å². The number of benzene rings is 1. The highest BCUT2D eigenvalue weighted by Gasteiger charge is 2.22. The van der Waals surface area contributed by atoms with Crippen LogP contribution in [-0.4, -0.2) is 45.5 Å². The van der Waals surface area contributed by atoms with E-state index >= 15 is 0 Å². The standard InChI is InChI=1S/C15H15NO7/c1-23-12(18)5-11(17)13(19)7-2-3-8-10(4-7)16-6-9(14(8)20)15(21)22/h2-4,6,11,13,17,19H,5H2,1H3,(H,16,20)(H,21,22). The van der Waals surface area contributed by atoms with E-state index in [9.17, 15) is 24.6 Å². The van der Waals surface area contributed by atoms with Gasteiger partial charge in [0, 0.05) is 17.1 Å². The second-order valence-corrected chi connectivity index (χ2v) is 4.93. The predicted octanol–water partition coefficient (Wildman–Crippen LogP) is 0.184. The van der Waals surface area contributed by atoms with Gasteiger partial charge in [-0.05, 0) is 17.7 Å². The van der Waals surface area contributed by atoms with Crippen LogP contribution in [0.15, 0.2) is 29.2 Å². The second kappa shape index (κ2) is 6.59. The minimum atomic E-state index is -1.37. The number of hydrogen-bond acceptors (Lipinski definition) is 6. The minimum Gasteiger partial charge on any atom is -0.477 e. The number of aromatic nitrogens is 1. The number of rotatable bonds is 5. The van der Waals surface area contributed by atoms with Crippen LogP contribution in [0, 0.1) is 0 Å². The van der Waals surface area contributed by atoms with Crippen molar-refractivity contribution in [2.45, 2.75) is 18.6 Å². The van der Waals surface area contributed by atoms with Crippen molar-refractivity contribution in [3.05, 3.63) is 45.7 Å². The zero-order valence-electron chi connectivity index (χ0n) is 12.1. The largest absolute Gasteiger partial charge is 0.477 e. The number of fused-ring (bicyclic) bond motifs is 1. The molecule has 4 N–H and O–H groups in total. The molecule has 0 radical (unpaired) electrons. The summed E-state index contributed by atoms with van der Waals surface area (Å²) in [5, 5.41) is 28.9. The molecule has 1 aromatic heterocycles. The SMILES string of the molecule is COC(=O)CC(O)C(O)c1ccc2c(=O)c(C(=O)O)c[nH]c2c1. The first-order chi connectivity index (χ1) is 10.8. The van der Waals surface area contributed by atoms with Crippen molar-refractivity contribution >= 4 is 22.8 Å². The molecule has 2 atom stereocenters. The van der Waals surface area contributed by atoms with E-state index < -0.39 is 35.1 Å². The molecule has 0 spiro atoms. The number of carbonyl (C=O) groups excluding carboxylic acids is 1. The summed E-state index contributed by atoms with van der Waals surface area (Å²) in [6.45, 7) is 0. The number of aliphatic hydroxyl groups excluding tert-OH is 2. The summed E-state index contributed by atoms with van der Waals surface area (Å²) in [5.74, 6) is -2.01. The average Bonchev–Trinajstić information content (AvgIpc) is 2.53. The third-order valence-corrected chi connectivity index (χ3v) is 3.44. The van der Waals surface area contributed by atoms with Crippen LogP contribution in [0.3, 0.4) is 0 Å². The summed E-state index contributed by atoms with van der Waals surface area (Å²) in [6.07, 6.45) is -2.05. The molecule has 2 aromatic rings. The van der Waals surface area contributed by atoms with E-state index in [1.807, 2.05) is 0 Å². The molecular formula is C15H15NO7. The fourth-order valence-corrected chi connectivity index (χ4v) is 2.17. The van der Waals surface area contributed by atoms with Crippen molar-refractivity contribution in [2.75, 3.05) is 7.11 Å². The Morgan fingerprint density at radius 1 is 1.30 bits per heavy atom. The lowest BCUT2D eigenvalue weighted by Crippen LogP contribution is -2.22. The molecule has 2 rings (SSSR count). The fourth-order valence-electron chi connectivity index (χ4n) is 2.17. The number of hydrogen-bond donors (Lipinski definition) is 4. The highest BCUT2D eigenvalue weighted by molar-refractivity contribution is 5.92. The van der Waals surface area contributed by atoms with Gasteiger partial charge in [-0.15, -0.1) is 0 Å². The van der Waals surface area contributed by atoms with Gasteiger partial charge >= 0.3 is 11.9 Å². The lowest BCUT2D eigenvalue weighted by atomic mass is 10.00. The number of carboxylic acids is 1. The number of ether oxygens (including phenoxy) is 1. The van der Waals surface area contributed by atoms with E-state index in [1.54, 1.807) is 0 Å². The molecule has 2 unspecified atom stereocenters. The van der Waals surface area contributed by atoms with Gasteiger partial charge < -0.3 is 25.0 Å². The Labute approximate surface area is 130 Å². The molecule has 0 aliphatic carbocycles. The number of carbonyl (C=O) groups is 2. The van der Waals surface area contributed by atoms with Crippen LogP contribution < -0.4 is 5.43 Å². The van der Waals surface area contributed by atoms with Gasteiger partial charge in [0.05, 0.1) is 19.6 Å². The zero-order valence-corrected chi connectivity index (χ0v) is 12.1. The van der Waals surface area contributed by atoms with Gasteiger partial charge in [0.15, 0.2) is 0 Å². The molecule has 122 valence electrons. The lowest BCUT2D eigenvalue weighted by Gasteiger charge is -2.17. The maximum absolute atomic E-state index is 12.0. The number of H-pyrrole nitrogens is 1. The van der Waals surface area contributed by atoms with Gasteiger partial charge in [-0.25, -0.2) is 4.79 Å². The van der Waals surface area contributed by atoms with Gasteiger partial charge in [-0.3, -0.25) is 9.59 Å². The summed E-state index contributed by atoms with van der Waals surface area (Å²) in [7, 11) is 1.17. The first kappa shape index (κ1) is 16.7. The number of aromatic carboxylic acids is 1. The van der Waals surface area contributed by atoms with E-state index in [4.69, 9.17) is 5.11 Å². The number of aromatic amines is 1. The molecule has 1 heterocycles. The van der Waals surface area contributed by atoms with Gasteiger partial charge in [-0.2, -0.15) is 0 Å². The fraction of sp³-hybridized carbons (Fsp3) is 0.267. The number of aliphatic hydroxyl groups is 2. The molecule has 0 bridgehead atoms. The van der Waals surface area contributed by atoms with Gasteiger partial charge in [0.2, 0.25) is 5.43 Å². The second-order valence-electron chi connectivity index (χ2n) is 4.93. The molecule has 0 aliphatic rings. The minimum absolute atomic E-state index is 0.142. The molecule has 0 aliphatic heterocycles. The summed E-state index contributed by atoms with van der Waals surface area (Å²) in [4.78, 5) is 36.7. The normalized spacial score (nSPS) is 13.5. The lowest BCUT2D eigenvalue weighted by molar-refractivity contribution is -0.144. The quantitative estimate of drug-likeness (QED) is 0.577. The van der Waals surface area contributed by atoms with E-state index in [1.165, 1.54) is 25.3 Å². The van der Waals surface area contributed by atoms with Crippen LogP contribution >= 0.6 is 0 Å². The van der Waals surface area contributed by atoms with Crippen molar-refractivity contribution in [2.24, 2.45) is 0 Å². The third-order valence-electron chi connectivity index (χ3n) is 3.44. The third kappa shape index (κ3) is 3.38. The first-order valence-electron chi connectivity index (χ1n) is 6.66. The molecule has 0 saturated carbocycles. The Morgan fingerprint density at radius 2 is 2.00 bits per heavy atom. The molecule has 0 saturated heterocycles. The Hall–Kier alpha value is -2.71. The van der Waals surface area contributed by atoms with Crippen molar-refractivity contribution in [3.63, 3.8) is 0 Å². The number of nitrogens with one attached hydrogen (secondary N) is 1. The molecule has 1 aromatic carbocycles. The average molecular weight is 321 g/mol. The number of esters is 1. The van der Waals surface area contributed by atoms with Crippen LogP contribution in [0.5, 0.6) is 0 Å². The number of pyridine rings is 1. The Kier molecular flexibility index (Phi) is 4.77. The summed E-state index contributed by atoms with van der Waals surface area (Å²) in [6, 6.07) is 4.14. The zero-order chi connectivity index (χ0) is 17.1. The Morgan fingerprint density at radius 3 is 2.61 bits per heavy atom. The number of methoxy groups -OCH3 is 1. The van der Waals surface area contributed by atoms with Crippen LogP contribution in [-0.2, 0) is 9.53 Å². The molecule has 8 nitrogen and oxygen atoms in total. The van der Waals surface area contributed by atoms with E-state index in [0.717, 1.165) is 6.20 Å². The van der Waals surface area contributed by atoms with Crippen molar-refractivity contribution < 1.29 is 29.6 Å². The highest BCUT2D eigenvalue weighted by Crippen LogP contribution is 2.22. The van der Waals surface area contributed by atoms with Crippen molar-refractivity contribution in [1.82, 2.24) is 4.98 Å². The van der Waals surface area contributed by atoms with Crippen LogP contribution in [0.1, 0.15) is 28.4 Å². The maximum atomic E-state index is 12.0. The molecular weight excluding hydrogens is 306 g/mol. The molecule has 0 fully saturated rings. The van der Waals surface area contributed by atoms with Crippen LogP contribution in [0.4, 0.5) is 0 Å². The summed E-state index contributed by atoms with van der Waals surface area (Å²) in [5.41, 5.74) is -0.464. The van der Waals surface area contributed by atoms with E-state index in [-0.39, 0.29) is 17.4 Å². The summed E-state index contributed by atoms with van der Waals surface area (Å²) >= 11 is 0. The highest BCUT2D eigenvalue weighted by atomic mass is 16.5. The van der Waals surface area contributed by atoms with Crippen molar-refractivity contribution in [1.29, 1.82) is 0 Å². The Bertz CT molecular complexity index is 811. The van der Waals surface area contributed by atoms with Gasteiger partial charge in [0.1, 0.15) is 11.7 Å². The predicted molar refractivity (Wildman–Crippen MR) is 79.1 cm³/mol. The monoisotopic (exact) mass is 321 g/mol. The topological polar surface area (TPSA) is 137 Å². The van der Waals surface area contributed by atoms with E-state index in [2.05, 4.69) is 9.72 Å². The van der Waals surface area contributed by atoms with Gasteiger partial charge in [-0.1, -0.05) is 6.07 Å². The Balaban J connectivity index is 2.37. The molecule has 8 heteroatoms. The molecule has 23 heavy (non-hydrogen) atoms.